The molecule has 2 N–H and O–H groups in total. The van der Waals surface area contributed by atoms with Crippen molar-refractivity contribution in [2.24, 2.45) is 0 Å². The van der Waals surface area contributed by atoms with E-state index in [1.807, 2.05) is 26.2 Å². The molecule has 0 bridgehead atoms. The van der Waals surface area contributed by atoms with Crippen LogP contribution >= 0.6 is 0 Å². The van der Waals surface area contributed by atoms with Gasteiger partial charge in [0.15, 0.2) is 5.76 Å². The summed E-state index contributed by atoms with van der Waals surface area (Å²) in [5.74, 6) is -0.00615. The molecule has 0 aliphatic heterocycles. The molecule has 9 nitrogen and oxygen atoms in total. The average molecular weight is 702 g/mol. The van der Waals surface area contributed by atoms with E-state index >= 15 is 0 Å². The SMILES string of the molecule is CCCCCCCCN(CCCCCCCC)c1ccc(-c2oc3ccc(OCCC[N+](C)(C)CCCS(=O)(=O)O)cc3c(=O)c2O)cc1. The monoisotopic (exact) mass is 701 g/mol. The van der Waals surface area contributed by atoms with Crippen molar-refractivity contribution >= 4 is 26.8 Å². The van der Waals surface area contributed by atoms with Crippen molar-refractivity contribution in [1.29, 1.82) is 0 Å². The van der Waals surface area contributed by atoms with Crippen LogP contribution in [0, 0.1) is 0 Å². The van der Waals surface area contributed by atoms with Gasteiger partial charge in [0.25, 0.3) is 10.1 Å². The van der Waals surface area contributed by atoms with E-state index in [0.717, 1.165) is 25.3 Å². The predicted molar refractivity (Wildman–Crippen MR) is 202 cm³/mol. The Morgan fingerprint density at radius 1 is 0.776 bits per heavy atom. The number of unbranched alkanes of at least 4 members (excludes halogenated alkanes) is 10. The Bertz CT molecular complexity index is 1550. The molecular weight excluding hydrogens is 641 g/mol. The molecule has 0 atom stereocenters. The lowest BCUT2D eigenvalue weighted by molar-refractivity contribution is -0.890. The van der Waals surface area contributed by atoms with Crippen molar-refractivity contribution in [2.75, 3.05) is 57.5 Å². The van der Waals surface area contributed by atoms with Crippen LogP contribution in [0.2, 0.25) is 0 Å². The molecule has 0 spiro atoms. The normalized spacial score (nSPS) is 12.1. The molecule has 3 aromatic rings. The Hall–Kier alpha value is -3.08. The lowest BCUT2D eigenvalue weighted by Crippen LogP contribution is -2.42. The van der Waals surface area contributed by atoms with E-state index in [-0.39, 0.29) is 16.9 Å². The fourth-order valence-corrected chi connectivity index (χ4v) is 6.77. The van der Waals surface area contributed by atoms with E-state index in [1.165, 1.54) is 77.0 Å². The van der Waals surface area contributed by atoms with E-state index in [0.29, 0.717) is 47.4 Å². The third kappa shape index (κ3) is 14.4. The van der Waals surface area contributed by atoms with E-state index in [9.17, 15) is 18.3 Å². The van der Waals surface area contributed by atoms with Gasteiger partial charge in [0, 0.05) is 37.2 Å². The van der Waals surface area contributed by atoms with E-state index in [1.54, 1.807) is 18.2 Å². The van der Waals surface area contributed by atoms with E-state index in [4.69, 9.17) is 13.7 Å². The maximum atomic E-state index is 13.3. The molecule has 0 aliphatic carbocycles. The number of anilines is 1. The molecule has 49 heavy (non-hydrogen) atoms. The fourth-order valence-electron chi connectivity index (χ4n) is 6.28. The molecule has 0 saturated carbocycles. The van der Waals surface area contributed by atoms with Crippen molar-refractivity contribution < 1.29 is 31.7 Å². The number of quaternary nitrogens is 1. The maximum Gasteiger partial charge on any atom is 0.265 e. The minimum absolute atomic E-state index is 0.158. The summed E-state index contributed by atoms with van der Waals surface area (Å²) >= 11 is 0. The molecular formula is C39H61N2O7S+. The maximum absolute atomic E-state index is 13.3. The first-order chi connectivity index (χ1) is 23.4. The second-order valence-corrected chi connectivity index (χ2v) is 15.6. The molecule has 0 radical (unpaired) electrons. The lowest BCUT2D eigenvalue weighted by Gasteiger charge is -2.29. The minimum atomic E-state index is -3.96. The quantitative estimate of drug-likeness (QED) is 0.0512. The van der Waals surface area contributed by atoms with E-state index in [2.05, 4.69) is 30.9 Å². The van der Waals surface area contributed by atoms with Gasteiger partial charge >= 0.3 is 0 Å². The van der Waals surface area contributed by atoms with Gasteiger partial charge in [-0.3, -0.25) is 9.35 Å². The highest BCUT2D eigenvalue weighted by atomic mass is 32.2. The summed E-state index contributed by atoms with van der Waals surface area (Å²) in [7, 11) is 0.0484. The number of aromatic hydroxyl groups is 1. The highest BCUT2D eigenvalue weighted by Gasteiger charge is 2.18. The Labute approximate surface area is 294 Å². The third-order valence-corrected chi connectivity index (χ3v) is 10.0. The molecule has 0 fully saturated rings. The number of benzene rings is 2. The van der Waals surface area contributed by atoms with Crippen LogP contribution in [0.1, 0.15) is 104 Å². The zero-order chi connectivity index (χ0) is 35.7. The van der Waals surface area contributed by atoms with Gasteiger partial charge < -0.3 is 23.6 Å². The topological polar surface area (TPSA) is 117 Å². The molecule has 0 aliphatic rings. The molecule has 274 valence electrons. The van der Waals surface area contributed by atoms with Crippen LogP contribution in [0.5, 0.6) is 11.5 Å². The van der Waals surface area contributed by atoms with Crippen LogP contribution in [0.25, 0.3) is 22.3 Å². The molecule has 0 unspecified atom stereocenters. The molecule has 10 heteroatoms. The van der Waals surface area contributed by atoms with Gasteiger partial charge in [-0.2, -0.15) is 8.42 Å². The molecule has 3 rings (SSSR count). The first-order valence-corrected chi connectivity index (χ1v) is 20.1. The Balaban J connectivity index is 1.64. The fraction of sp³-hybridized carbons (Fsp3) is 0.615. The zero-order valence-corrected chi connectivity index (χ0v) is 31.2. The number of fused-ring (bicyclic) bond motifs is 1. The second-order valence-electron chi connectivity index (χ2n) is 14.1. The molecule has 2 aromatic carbocycles. The third-order valence-electron chi connectivity index (χ3n) is 9.24. The van der Waals surface area contributed by atoms with Crippen molar-refractivity contribution in [2.45, 2.75) is 104 Å². The first kappa shape index (κ1) is 40.4. The highest BCUT2D eigenvalue weighted by Crippen LogP contribution is 2.32. The van der Waals surface area contributed by atoms with E-state index < -0.39 is 21.3 Å². The number of hydrogen-bond donors (Lipinski definition) is 2. The Kier molecular flexibility index (Phi) is 16.9. The summed E-state index contributed by atoms with van der Waals surface area (Å²) in [5.41, 5.74) is 1.67. The molecule has 0 amide bonds. The van der Waals surface area contributed by atoms with Crippen molar-refractivity contribution in [3.05, 3.63) is 52.7 Å². The van der Waals surface area contributed by atoms with Gasteiger partial charge in [0.05, 0.1) is 44.9 Å². The van der Waals surface area contributed by atoms with Crippen LogP contribution in [0.3, 0.4) is 0 Å². The summed E-state index contributed by atoms with van der Waals surface area (Å²) in [6, 6.07) is 13.0. The smallest absolute Gasteiger partial charge is 0.265 e. The van der Waals surface area contributed by atoms with Gasteiger partial charge in [-0.25, -0.2) is 0 Å². The van der Waals surface area contributed by atoms with Gasteiger partial charge in [-0.15, -0.1) is 0 Å². The average Bonchev–Trinajstić information content (AvgIpc) is 3.06. The van der Waals surface area contributed by atoms with Gasteiger partial charge in [-0.05, 0) is 55.3 Å². The Morgan fingerprint density at radius 2 is 1.35 bits per heavy atom. The number of nitrogens with zero attached hydrogens (tertiary/aromatic N) is 2. The molecule has 1 heterocycles. The lowest BCUT2D eigenvalue weighted by atomic mass is 10.1. The van der Waals surface area contributed by atoms with Crippen LogP contribution in [0.15, 0.2) is 51.7 Å². The zero-order valence-electron chi connectivity index (χ0n) is 30.4. The van der Waals surface area contributed by atoms with Gasteiger partial charge in [0.1, 0.15) is 11.3 Å². The Morgan fingerprint density at radius 3 is 1.94 bits per heavy atom. The van der Waals surface area contributed by atoms with Crippen LogP contribution in [0.4, 0.5) is 5.69 Å². The first-order valence-electron chi connectivity index (χ1n) is 18.5. The van der Waals surface area contributed by atoms with Gasteiger partial charge in [0.2, 0.25) is 11.2 Å². The summed E-state index contributed by atoms with van der Waals surface area (Å²) in [5, 5.41) is 11.2. The van der Waals surface area contributed by atoms with Gasteiger partial charge in [-0.1, -0.05) is 78.1 Å². The minimum Gasteiger partial charge on any atom is -0.502 e. The number of hydrogen-bond acceptors (Lipinski definition) is 7. The van der Waals surface area contributed by atoms with Crippen LogP contribution < -0.4 is 15.1 Å². The van der Waals surface area contributed by atoms with Crippen LogP contribution in [-0.2, 0) is 10.1 Å². The summed E-state index contributed by atoms with van der Waals surface area (Å²) in [4.78, 5) is 15.7. The predicted octanol–water partition coefficient (Wildman–Crippen LogP) is 8.82. The molecule has 0 saturated heterocycles. The summed E-state index contributed by atoms with van der Waals surface area (Å²) < 4.78 is 43.5. The summed E-state index contributed by atoms with van der Waals surface area (Å²) in [6.07, 6.45) is 16.2. The largest absolute Gasteiger partial charge is 0.502 e. The van der Waals surface area contributed by atoms with Crippen molar-refractivity contribution in [3.63, 3.8) is 0 Å². The number of rotatable bonds is 25. The van der Waals surface area contributed by atoms with Crippen molar-refractivity contribution in [3.8, 4) is 22.8 Å². The summed E-state index contributed by atoms with van der Waals surface area (Å²) in [6.45, 7) is 8.30. The van der Waals surface area contributed by atoms with Crippen LogP contribution in [-0.4, -0.2) is 75.2 Å². The van der Waals surface area contributed by atoms with Crippen molar-refractivity contribution in [1.82, 2.24) is 0 Å². The second kappa shape index (κ2) is 20.6. The molecule has 1 aromatic heterocycles. The standard InChI is InChI=1S/C39H60N2O7S/c1-5-7-9-11-13-15-25-40(26-16-14-12-10-8-6-2)33-21-19-32(20-22-33)39-38(43)37(42)35-31-34(23-24-36(35)48-39)47-29-17-27-41(3,4)28-18-30-49(44,45)46/h19-24,31H,5-18,25-30H2,1-4H3,(H-,43,44,45,46)/p+1. The highest BCUT2D eigenvalue weighted by molar-refractivity contribution is 7.85. The number of ether oxygens (including phenoxy) is 1.